The molecule has 0 aliphatic carbocycles. The van der Waals surface area contributed by atoms with Gasteiger partial charge in [0.05, 0.1) is 10.6 Å². The molecule has 94 valence electrons. The molecule has 0 bridgehead atoms. The van der Waals surface area contributed by atoms with Crippen LogP contribution in [-0.4, -0.2) is 5.78 Å². The van der Waals surface area contributed by atoms with Crippen molar-refractivity contribution in [3.8, 4) is 0 Å². The molecule has 0 spiro atoms. The Morgan fingerprint density at radius 3 is 2.39 bits per heavy atom. The molecule has 1 aromatic heterocycles. The van der Waals surface area contributed by atoms with E-state index in [-0.39, 0.29) is 5.78 Å². The van der Waals surface area contributed by atoms with E-state index < -0.39 is 0 Å². The van der Waals surface area contributed by atoms with Crippen molar-refractivity contribution in [1.29, 1.82) is 0 Å². The van der Waals surface area contributed by atoms with Crippen LogP contribution in [0.3, 0.4) is 0 Å². The summed E-state index contributed by atoms with van der Waals surface area (Å²) < 4.78 is 0. The zero-order valence-electron chi connectivity index (χ0n) is 10.9. The summed E-state index contributed by atoms with van der Waals surface area (Å²) >= 11 is 1.50. The second kappa shape index (κ2) is 4.94. The number of rotatable bonds is 3. The molecule has 0 saturated heterocycles. The lowest BCUT2D eigenvalue weighted by atomic mass is 9.98. The number of hydrogen-bond acceptors (Lipinski definition) is 3. The van der Waals surface area contributed by atoms with Gasteiger partial charge in [0.15, 0.2) is 5.78 Å². The Hall–Kier alpha value is -1.61. The summed E-state index contributed by atoms with van der Waals surface area (Å²) in [6, 6.07) is 7.63. The summed E-state index contributed by atoms with van der Waals surface area (Å²) in [4.78, 5) is 13.6. The van der Waals surface area contributed by atoms with Crippen molar-refractivity contribution in [3.05, 3.63) is 51.4 Å². The van der Waals surface area contributed by atoms with Crippen LogP contribution in [0.1, 0.15) is 38.8 Å². The molecular weight excluding hydrogens is 242 g/mol. The Kier molecular flexibility index (Phi) is 3.53. The Bertz CT molecular complexity index is 581. The van der Waals surface area contributed by atoms with Gasteiger partial charge in [0.2, 0.25) is 0 Å². The van der Waals surface area contributed by atoms with E-state index in [1.807, 2.05) is 38.1 Å². The largest absolute Gasteiger partial charge is 0.390 e. The average molecular weight is 259 g/mol. The van der Waals surface area contributed by atoms with Gasteiger partial charge >= 0.3 is 0 Å². The number of anilines is 1. The highest BCUT2D eigenvalue weighted by Crippen LogP contribution is 2.32. The van der Waals surface area contributed by atoms with Crippen LogP contribution >= 0.6 is 11.3 Å². The predicted molar refractivity (Wildman–Crippen MR) is 77.5 cm³/mol. The quantitative estimate of drug-likeness (QED) is 0.853. The third kappa shape index (κ3) is 2.18. The van der Waals surface area contributed by atoms with Gasteiger partial charge < -0.3 is 5.73 Å². The molecule has 2 rings (SSSR count). The molecule has 0 amide bonds. The van der Waals surface area contributed by atoms with Crippen LogP contribution in [0.5, 0.6) is 0 Å². The maximum Gasteiger partial charge on any atom is 0.196 e. The second-order valence-corrected chi connectivity index (χ2v) is 5.68. The number of carbonyl (C=O) groups excluding carboxylic acids is 1. The van der Waals surface area contributed by atoms with Gasteiger partial charge in [0.1, 0.15) is 0 Å². The first kappa shape index (κ1) is 12.8. The van der Waals surface area contributed by atoms with Crippen molar-refractivity contribution in [1.82, 2.24) is 0 Å². The number of ketones is 1. The molecule has 18 heavy (non-hydrogen) atoms. The first-order valence-corrected chi connectivity index (χ1v) is 6.85. The third-order valence-electron chi connectivity index (χ3n) is 3.13. The van der Waals surface area contributed by atoms with Crippen LogP contribution in [0.15, 0.2) is 24.3 Å². The molecule has 0 aliphatic rings. The van der Waals surface area contributed by atoms with Gasteiger partial charge in [0.25, 0.3) is 0 Å². The second-order valence-electron chi connectivity index (χ2n) is 4.42. The van der Waals surface area contributed by atoms with E-state index in [1.54, 1.807) is 0 Å². The van der Waals surface area contributed by atoms with Crippen molar-refractivity contribution >= 4 is 22.1 Å². The predicted octanol–water partition coefficient (Wildman–Crippen LogP) is 3.74. The Morgan fingerprint density at radius 1 is 1.22 bits per heavy atom. The first-order chi connectivity index (χ1) is 8.54. The molecule has 1 aromatic carbocycles. The number of nitrogen functional groups attached to an aromatic ring is 1. The van der Waals surface area contributed by atoms with Crippen molar-refractivity contribution in [2.24, 2.45) is 0 Å². The van der Waals surface area contributed by atoms with Gasteiger partial charge in [-0.3, -0.25) is 4.79 Å². The zero-order valence-corrected chi connectivity index (χ0v) is 11.7. The normalized spacial score (nSPS) is 10.6. The SMILES string of the molecule is CCc1c(C)sc(N)c1C(=O)c1ccc(C)cc1. The van der Waals surface area contributed by atoms with Crippen LogP contribution in [0.4, 0.5) is 5.00 Å². The smallest absolute Gasteiger partial charge is 0.196 e. The highest BCUT2D eigenvalue weighted by atomic mass is 32.1. The summed E-state index contributed by atoms with van der Waals surface area (Å²) in [5, 5.41) is 0.634. The van der Waals surface area contributed by atoms with Gasteiger partial charge in [-0.05, 0) is 25.8 Å². The molecule has 0 radical (unpaired) electrons. The zero-order chi connectivity index (χ0) is 13.3. The van der Waals surface area contributed by atoms with Gasteiger partial charge in [-0.15, -0.1) is 11.3 Å². The molecule has 3 heteroatoms. The van der Waals surface area contributed by atoms with Gasteiger partial charge in [-0.1, -0.05) is 36.8 Å². The summed E-state index contributed by atoms with van der Waals surface area (Å²) in [7, 11) is 0. The molecule has 2 aromatic rings. The van der Waals surface area contributed by atoms with Crippen LogP contribution in [-0.2, 0) is 6.42 Å². The Labute approximate surface area is 111 Å². The van der Waals surface area contributed by atoms with E-state index in [9.17, 15) is 4.79 Å². The molecule has 0 atom stereocenters. The lowest BCUT2D eigenvalue weighted by Crippen LogP contribution is -2.06. The summed E-state index contributed by atoms with van der Waals surface area (Å²) in [6.45, 7) is 6.08. The minimum Gasteiger partial charge on any atom is -0.390 e. The van der Waals surface area contributed by atoms with E-state index >= 15 is 0 Å². The minimum absolute atomic E-state index is 0.0358. The Morgan fingerprint density at radius 2 is 1.83 bits per heavy atom. The number of nitrogens with two attached hydrogens (primary N) is 1. The van der Waals surface area contributed by atoms with Crippen molar-refractivity contribution < 1.29 is 4.79 Å². The molecule has 0 unspecified atom stereocenters. The van der Waals surface area contributed by atoms with Crippen LogP contribution in [0, 0.1) is 13.8 Å². The van der Waals surface area contributed by atoms with Gasteiger partial charge in [-0.2, -0.15) is 0 Å². The molecule has 2 N–H and O–H groups in total. The fourth-order valence-corrected chi connectivity index (χ4v) is 3.14. The lowest BCUT2D eigenvalue weighted by molar-refractivity contribution is 0.103. The lowest BCUT2D eigenvalue weighted by Gasteiger charge is -2.04. The third-order valence-corrected chi connectivity index (χ3v) is 4.11. The summed E-state index contributed by atoms with van der Waals surface area (Å²) in [6.07, 6.45) is 0.840. The minimum atomic E-state index is 0.0358. The van der Waals surface area contributed by atoms with E-state index in [2.05, 4.69) is 6.92 Å². The van der Waals surface area contributed by atoms with E-state index in [0.29, 0.717) is 16.1 Å². The van der Waals surface area contributed by atoms with Crippen molar-refractivity contribution in [3.63, 3.8) is 0 Å². The molecular formula is C15H17NOS. The average Bonchev–Trinajstić information content (AvgIpc) is 2.63. The topological polar surface area (TPSA) is 43.1 Å². The monoisotopic (exact) mass is 259 g/mol. The molecule has 0 fully saturated rings. The van der Waals surface area contributed by atoms with Crippen LogP contribution < -0.4 is 5.73 Å². The highest BCUT2D eigenvalue weighted by molar-refractivity contribution is 7.16. The van der Waals surface area contributed by atoms with E-state index in [1.165, 1.54) is 11.3 Å². The number of carbonyl (C=O) groups is 1. The van der Waals surface area contributed by atoms with E-state index in [0.717, 1.165) is 22.4 Å². The molecule has 1 heterocycles. The van der Waals surface area contributed by atoms with Crippen molar-refractivity contribution in [2.45, 2.75) is 27.2 Å². The fraction of sp³-hybridized carbons (Fsp3) is 0.267. The summed E-state index contributed by atoms with van der Waals surface area (Å²) in [5.41, 5.74) is 9.63. The highest BCUT2D eigenvalue weighted by Gasteiger charge is 2.20. The maximum atomic E-state index is 12.5. The standard InChI is InChI=1S/C15H17NOS/c1-4-12-10(3)18-15(16)13(12)14(17)11-7-5-9(2)6-8-11/h5-8H,4,16H2,1-3H3. The van der Waals surface area contributed by atoms with E-state index in [4.69, 9.17) is 5.73 Å². The van der Waals surface area contributed by atoms with Gasteiger partial charge in [0, 0.05) is 10.4 Å². The summed E-state index contributed by atoms with van der Waals surface area (Å²) in [5.74, 6) is 0.0358. The van der Waals surface area contributed by atoms with Crippen LogP contribution in [0.25, 0.3) is 0 Å². The number of aryl methyl sites for hydroxylation is 2. The van der Waals surface area contributed by atoms with Gasteiger partial charge in [-0.25, -0.2) is 0 Å². The number of hydrogen-bond donors (Lipinski definition) is 1. The molecule has 0 aliphatic heterocycles. The maximum absolute atomic E-state index is 12.5. The van der Waals surface area contributed by atoms with Crippen molar-refractivity contribution in [2.75, 3.05) is 5.73 Å². The number of benzene rings is 1. The first-order valence-electron chi connectivity index (χ1n) is 6.03. The number of thiophene rings is 1. The molecule has 0 saturated carbocycles. The Balaban J connectivity index is 2.49. The molecule has 2 nitrogen and oxygen atoms in total. The van der Waals surface area contributed by atoms with Crippen LogP contribution in [0.2, 0.25) is 0 Å². The fourth-order valence-electron chi connectivity index (χ4n) is 2.13.